The molecule has 0 aromatic heterocycles. The molecule has 0 aliphatic heterocycles. The minimum atomic E-state index is 0.115. The predicted octanol–water partition coefficient (Wildman–Crippen LogP) is 2.33. The molecular weight excluding hydrogens is 174 g/mol. The van der Waals surface area contributed by atoms with Crippen molar-refractivity contribution >= 4 is 11.6 Å². The Hall–Kier alpha value is -0.730. The number of aromatic hydroxyl groups is 1. The summed E-state index contributed by atoms with van der Waals surface area (Å²) in [5.41, 5.74) is 0.824. The molecule has 1 rings (SSSR count). The molecule has 2 nitrogen and oxygen atoms in total. The van der Waals surface area contributed by atoms with Gasteiger partial charge in [0.05, 0.1) is 5.02 Å². The molecule has 0 aliphatic rings. The number of hydrogen-bond donors (Lipinski definition) is 2. The number of benzene rings is 1. The van der Waals surface area contributed by atoms with E-state index in [4.69, 9.17) is 11.6 Å². The van der Waals surface area contributed by atoms with Crippen LogP contribution in [0.3, 0.4) is 0 Å². The lowest BCUT2D eigenvalue weighted by Crippen LogP contribution is -2.12. The second kappa shape index (κ2) is 3.78. The van der Waals surface area contributed by atoms with Gasteiger partial charge in [0.15, 0.2) is 0 Å². The number of halogens is 1. The third kappa shape index (κ3) is 1.71. The molecule has 0 spiro atoms. The molecule has 0 fully saturated rings. The van der Waals surface area contributed by atoms with Crippen molar-refractivity contribution in [3.63, 3.8) is 0 Å². The molecule has 1 aromatic carbocycles. The molecule has 1 atom stereocenters. The van der Waals surface area contributed by atoms with Gasteiger partial charge in [-0.2, -0.15) is 0 Å². The third-order valence-corrected chi connectivity index (χ3v) is 2.22. The van der Waals surface area contributed by atoms with E-state index >= 15 is 0 Å². The first kappa shape index (κ1) is 9.36. The van der Waals surface area contributed by atoms with Gasteiger partial charge in [-0.05, 0) is 20.0 Å². The average molecular weight is 186 g/mol. The zero-order chi connectivity index (χ0) is 9.14. The van der Waals surface area contributed by atoms with Crippen LogP contribution in [0.15, 0.2) is 18.2 Å². The Balaban J connectivity index is 3.07. The lowest BCUT2D eigenvalue weighted by molar-refractivity contribution is 0.458. The van der Waals surface area contributed by atoms with E-state index in [0.29, 0.717) is 5.02 Å². The molecule has 0 saturated heterocycles. The summed E-state index contributed by atoms with van der Waals surface area (Å²) < 4.78 is 0. The van der Waals surface area contributed by atoms with Crippen LogP contribution in [0.2, 0.25) is 5.02 Å². The molecule has 0 bridgehead atoms. The quantitative estimate of drug-likeness (QED) is 0.741. The van der Waals surface area contributed by atoms with E-state index in [0.717, 1.165) is 5.56 Å². The summed E-state index contributed by atoms with van der Waals surface area (Å²) in [6.45, 7) is 1.96. The van der Waals surface area contributed by atoms with Gasteiger partial charge in [-0.15, -0.1) is 0 Å². The molecule has 3 heteroatoms. The Kier molecular flexibility index (Phi) is 2.95. The second-order valence-corrected chi connectivity index (χ2v) is 3.10. The van der Waals surface area contributed by atoms with Crippen molar-refractivity contribution in [3.05, 3.63) is 28.8 Å². The largest absolute Gasteiger partial charge is 0.506 e. The van der Waals surface area contributed by atoms with Gasteiger partial charge in [0.1, 0.15) is 5.75 Å². The molecule has 0 aliphatic carbocycles. The van der Waals surface area contributed by atoms with Gasteiger partial charge in [0.2, 0.25) is 0 Å². The zero-order valence-corrected chi connectivity index (χ0v) is 7.89. The van der Waals surface area contributed by atoms with Gasteiger partial charge in [-0.25, -0.2) is 0 Å². The molecule has 12 heavy (non-hydrogen) atoms. The average Bonchev–Trinajstić information content (AvgIpc) is 2.08. The van der Waals surface area contributed by atoms with E-state index in [1.165, 1.54) is 0 Å². The van der Waals surface area contributed by atoms with Crippen LogP contribution in [0.4, 0.5) is 0 Å². The second-order valence-electron chi connectivity index (χ2n) is 2.69. The molecule has 0 radical (unpaired) electrons. The minimum absolute atomic E-state index is 0.115. The Bertz CT molecular complexity index is 275. The molecule has 2 N–H and O–H groups in total. The number of hydrogen-bond acceptors (Lipinski definition) is 2. The molecule has 1 unspecified atom stereocenters. The number of phenols is 1. The first-order valence-corrected chi connectivity index (χ1v) is 4.19. The number of rotatable bonds is 2. The van der Waals surface area contributed by atoms with Gasteiger partial charge in [0, 0.05) is 11.6 Å². The fraction of sp³-hybridized carbons (Fsp3) is 0.333. The molecular formula is C9H12ClNO. The summed E-state index contributed by atoms with van der Waals surface area (Å²) in [5, 5.41) is 13.0. The summed E-state index contributed by atoms with van der Waals surface area (Å²) in [5.74, 6) is 0.168. The van der Waals surface area contributed by atoms with Crippen LogP contribution < -0.4 is 5.32 Å². The maximum Gasteiger partial charge on any atom is 0.138 e. The summed E-state index contributed by atoms with van der Waals surface area (Å²) >= 11 is 5.74. The van der Waals surface area contributed by atoms with Crippen molar-refractivity contribution < 1.29 is 5.11 Å². The lowest BCUT2D eigenvalue weighted by Gasteiger charge is -2.12. The van der Waals surface area contributed by atoms with Gasteiger partial charge in [-0.3, -0.25) is 0 Å². The highest BCUT2D eigenvalue weighted by Gasteiger charge is 2.09. The van der Waals surface area contributed by atoms with Gasteiger partial charge in [0.25, 0.3) is 0 Å². The predicted molar refractivity (Wildman–Crippen MR) is 50.6 cm³/mol. The molecule has 0 saturated carbocycles. The maximum atomic E-state index is 9.53. The highest BCUT2D eigenvalue weighted by atomic mass is 35.5. The third-order valence-electron chi connectivity index (χ3n) is 1.92. The first-order valence-electron chi connectivity index (χ1n) is 3.81. The van der Waals surface area contributed by atoms with E-state index < -0.39 is 0 Å². The Morgan fingerprint density at radius 1 is 1.50 bits per heavy atom. The van der Waals surface area contributed by atoms with Crippen LogP contribution in [-0.2, 0) is 0 Å². The summed E-state index contributed by atoms with van der Waals surface area (Å²) in [4.78, 5) is 0. The number of phenolic OH excluding ortho intramolecular Hbond substituents is 1. The highest BCUT2D eigenvalue weighted by molar-refractivity contribution is 6.32. The molecule has 0 heterocycles. The molecule has 1 aromatic rings. The Labute approximate surface area is 77.2 Å². The molecule has 66 valence electrons. The maximum absolute atomic E-state index is 9.53. The number of para-hydroxylation sites is 1. The van der Waals surface area contributed by atoms with Gasteiger partial charge < -0.3 is 10.4 Å². The van der Waals surface area contributed by atoms with Crippen molar-refractivity contribution in [1.82, 2.24) is 5.32 Å². The summed E-state index contributed by atoms with van der Waals surface area (Å²) in [6, 6.07) is 5.46. The van der Waals surface area contributed by atoms with Crippen LogP contribution in [0.5, 0.6) is 5.75 Å². The Morgan fingerprint density at radius 2 is 2.17 bits per heavy atom. The smallest absolute Gasteiger partial charge is 0.138 e. The van der Waals surface area contributed by atoms with Crippen molar-refractivity contribution in [1.29, 1.82) is 0 Å². The fourth-order valence-corrected chi connectivity index (χ4v) is 1.22. The van der Waals surface area contributed by atoms with E-state index in [-0.39, 0.29) is 11.8 Å². The van der Waals surface area contributed by atoms with Crippen molar-refractivity contribution in [2.24, 2.45) is 0 Å². The summed E-state index contributed by atoms with van der Waals surface area (Å²) in [6.07, 6.45) is 0. The standard InChI is InChI=1S/C9H12ClNO/c1-6(11-2)7-4-3-5-8(10)9(7)12/h3-6,11-12H,1-2H3. The molecule has 0 amide bonds. The Morgan fingerprint density at radius 3 is 2.75 bits per heavy atom. The van der Waals surface area contributed by atoms with Crippen LogP contribution in [0.25, 0.3) is 0 Å². The fourth-order valence-electron chi connectivity index (χ4n) is 1.04. The van der Waals surface area contributed by atoms with E-state index in [1.54, 1.807) is 6.07 Å². The highest BCUT2D eigenvalue weighted by Crippen LogP contribution is 2.30. The lowest BCUT2D eigenvalue weighted by atomic mass is 10.1. The zero-order valence-electron chi connectivity index (χ0n) is 7.13. The topological polar surface area (TPSA) is 32.3 Å². The van der Waals surface area contributed by atoms with Crippen LogP contribution >= 0.6 is 11.6 Å². The van der Waals surface area contributed by atoms with Crippen molar-refractivity contribution in [3.8, 4) is 5.75 Å². The van der Waals surface area contributed by atoms with Crippen LogP contribution in [0.1, 0.15) is 18.5 Å². The summed E-state index contributed by atoms with van der Waals surface area (Å²) in [7, 11) is 1.84. The van der Waals surface area contributed by atoms with Crippen LogP contribution in [-0.4, -0.2) is 12.2 Å². The van der Waals surface area contributed by atoms with Gasteiger partial charge >= 0.3 is 0 Å². The minimum Gasteiger partial charge on any atom is -0.506 e. The van der Waals surface area contributed by atoms with Crippen molar-refractivity contribution in [2.75, 3.05) is 7.05 Å². The first-order chi connectivity index (χ1) is 5.66. The van der Waals surface area contributed by atoms with Gasteiger partial charge in [-0.1, -0.05) is 23.7 Å². The normalized spacial score (nSPS) is 12.9. The van der Waals surface area contributed by atoms with E-state index in [1.807, 2.05) is 26.1 Å². The SMILES string of the molecule is CNC(C)c1cccc(Cl)c1O. The van der Waals surface area contributed by atoms with Crippen molar-refractivity contribution in [2.45, 2.75) is 13.0 Å². The van der Waals surface area contributed by atoms with E-state index in [9.17, 15) is 5.11 Å². The monoisotopic (exact) mass is 185 g/mol. The number of nitrogens with one attached hydrogen (secondary N) is 1. The van der Waals surface area contributed by atoms with Crippen LogP contribution in [0, 0.1) is 0 Å². The van der Waals surface area contributed by atoms with E-state index in [2.05, 4.69) is 5.32 Å².